The Bertz CT molecular complexity index is 303. The summed E-state index contributed by atoms with van der Waals surface area (Å²) < 4.78 is 0. The number of rotatable bonds is 5. The summed E-state index contributed by atoms with van der Waals surface area (Å²) in [4.78, 5) is 5.25. The Balaban J connectivity index is 1.91. The van der Waals surface area contributed by atoms with E-state index in [-0.39, 0.29) is 0 Å². The molecule has 124 valence electrons. The second-order valence-electron chi connectivity index (χ2n) is 7.93. The normalized spacial score (nSPS) is 32.0. The molecule has 1 saturated carbocycles. The topological polar surface area (TPSA) is 18.5 Å². The lowest BCUT2D eigenvalue weighted by atomic mass is 9.92. The van der Waals surface area contributed by atoms with Crippen molar-refractivity contribution in [2.75, 3.05) is 39.8 Å². The van der Waals surface area contributed by atoms with Gasteiger partial charge in [0.25, 0.3) is 0 Å². The van der Waals surface area contributed by atoms with Crippen LogP contribution in [0.2, 0.25) is 0 Å². The van der Waals surface area contributed by atoms with Gasteiger partial charge in [0.1, 0.15) is 0 Å². The van der Waals surface area contributed by atoms with Gasteiger partial charge in [-0.2, -0.15) is 0 Å². The fourth-order valence-corrected chi connectivity index (χ4v) is 4.03. The molecule has 21 heavy (non-hydrogen) atoms. The molecule has 1 aliphatic heterocycles. The molecule has 1 N–H and O–H groups in total. The van der Waals surface area contributed by atoms with Gasteiger partial charge in [-0.15, -0.1) is 0 Å². The molecule has 2 atom stereocenters. The number of nitrogens with zero attached hydrogens (tertiary/aromatic N) is 2. The fourth-order valence-electron chi connectivity index (χ4n) is 4.03. The predicted molar refractivity (Wildman–Crippen MR) is 91.8 cm³/mol. The van der Waals surface area contributed by atoms with Crippen LogP contribution in [0.15, 0.2) is 0 Å². The number of nitrogens with one attached hydrogen (secondary N) is 1. The molecule has 1 aliphatic carbocycles. The molecular weight excluding hydrogens is 258 g/mol. The first-order valence-corrected chi connectivity index (χ1v) is 9.20. The van der Waals surface area contributed by atoms with E-state index in [1.165, 1.54) is 71.2 Å². The van der Waals surface area contributed by atoms with Crippen molar-refractivity contribution in [3.8, 4) is 0 Å². The van der Waals surface area contributed by atoms with Crippen molar-refractivity contribution < 1.29 is 0 Å². The third-order valence-corrected chi connectivity index (χ3v) is 5.70. The van der Waals surface area contributed by atoms with Crippen molar-refractivity contribution in [2.24, 2.45) is 5.92 Å². The van der Waals surface area contributed by atoms with E-state index in [1.807, 2.05) is 0 Å². The average molecular weight is 296 g/mol. The maximum Gasteiger partial charge on any atom is 0.0277 e. The van der Waals surface area contributed by atoms with Crippen LogP contribution in [0, 0.1) is 5.92 Å². The Morgan fingerprint density at radius 2 is 1.86 bits per heavy atom. The quantitative estimate of drug-likeness (QED) is 0.787. The second-order valence-corrected chi connectivity index (χ2v) is 7.93. The van der Waals surface area contributed by atoms with Crippen molar-refractivity contribution in [1.29, 1.82) is 0 Å². The van der Waals surface area contributed by atoms with Gasteiger partial charge in [-0.1, -0.05) is 26.2 Å². The highest BCUT2D eigenvalue weighted by Crippen LogP contribution is 2.27. The highest BCUT2D eigenvalue weighted by Gasteiger charge is 2.33. The Labute approximate surface area is 132 Å². The third-order valence-electron chi connectivity index (χ3n) is 5.70. The van der Waals surface area contributed by atoms with Crippen molar-refractivity contribution in [2.45, 2.75) is 70.9 Å². The van der Waals surface area contributed by atoms with E-state index in [2.05, 4.69) is 42.9 Å². The first-order valence-electron chi connectivity index (χ1n) is 9.20. The highest BCUT2D eigenvalue weighted by atomic mass is 15.3. The molecule has 1 heterocycles. The first-order chi connectivity index (χ1) is 10.0. The fraction of sp³-hybridized carbons (Fsp3) is 1.00. The SMILES string of the molecule is CCCNC1CCCCCC1CN1CCN(C)C(C)(C)C1. The van der Waals surface area contributed by atoms with E-state index in [1.54, 1.807) is 0 Å². The van der Waals surface area contributed by atoms with Crippen LogP contribution in [0.25, 0.3) is 0 Å². The van der Waals surface area contributed by atoms with Crippen molar-refractivity contribution in [3.63, 3.8) is 0 Å². The number of hydrogen-bond donors (Lipinski definition) is 1. The predicted octanol–water partition coefficient (Wildman–Crippen LogP) is 2.96. The van der Waals surface area contributed by atoms with E-state index in [0.29, 0.717) is 5.54 Å². The summed E-state index contributed by atoms with van der Waals surface area (Å²) in [5.74, 6) is 0.859. The zero-order valence-corrected chi connectivity index (χ0v) is 14.8. The van der Waals surface area contributed by atoms with Gasteiger partial charge in [-0.05, 0) is 52.6 Å². The van der Waals surface area contributed by atoms with Gasteiger partial charge in [0.15, 0.2) is 0 Å². The summed E-state index contributed by atoms with van der Waals surface area (Å²) in [6, 6.07) is 0.759. The monoisotopic (exact) mass is 295 g/mol. The summed E-state index contributed by atoms with van der Waals surface area (Å²) in [5.41, 5.74) is 0.329. The van der Waals surface area contributed by atoms with Crippen LogP contribution in [-0.4, -0.2) is 61.2 Å². The minimum absolute atomic E-state index is 0.329. The second kappa shape index (κ2) is 7.94. The third kappa shape index (κ3) is 4.94. The lowest BCUT2D eigenvalue weighted by Gasteiger charge is -2.46. The molecule has 0 aromatic carbocycles. The van der Waals surface area contributed by atoms with Gasteiger partial charge in [0.2, 0.25) is 0 Å². The van der Waals surface area contributed by atoms with Crippen molar-refractivity contribution >= 4 is 0 Å². The summed E-state index contributed by atoms with van der Waals surface area (Å²) in [7, 11) is 2.27. The van der Waals surface area contributed by atoms with Crippen LogP contribution in [0.3, 0.4) is 0 Å². The summed E-state index contributed by atoms with van der Waals surface area (Å²) in [5, 5.41) is 3.84. The molecule has 1 saturated heterocycles. The van der Waals surface area contributed by atoms with Gasteiger partial charge in [0.05, 0.1) is 0 Å². The van der Waals surface area contributed by atoms with Crippen molar-refractivity contribution in [1.82, 2.24) is 15.1 Å². The summed E-state index contributed by atoms with van der Waals surface area (Å²) in [6.45, 7) is 13.2. The smallest absolute Gasteiger partial charge is 0.0277 e. The number of likely N-dealkylation sites (N-methyl/N-ethyl adjacent to an activating group) is 1. The standard InChI is InChI=1S/C18H37N3/c1-5-11-19-17-10-8-6-7-9-16(17)14-21-13-12-20(4)18(2,3)15-21/h16-17,19H,5-15H2,1-4H3. The lowest BCUT2D eigenvalue weighted by molar-refractivity contribution is 0.0280. The van der Waals surface area contributed by atoms with Gasteiger partial charge in [-0.3, -0.25) is 9.80 Å². The largest absolute Gasteiger partial charge is 0.314 e. The van der Waals surface area contributed by atoms with E-state index < -0.39 is 0 Å². The van der Waals surface area contributed by atoms with Gasteiger partial charge in [-0.25, -0.2) is 0 Å². The van der Waals surface area contributed by atoms with Crippen molar-refractivity contribution in [3.05, 3.63) is 0 Å². The Kier molecular flexibility index (Phi) is 6.51. The minimum Gasteiger partial charge on any atom is -0.314 e. The zero-order valence-electron chi connectivity index (χ0n) is 14.8. The minimum atomic E-state index is 0.329. The van der Waals surface area contributed by atoms with E-state index in [0.717, 1.165) is 12.0 Å². The molecule has 0 aromatic heterocycles. The van der Waals surface area contributed by atoms with Crippen LogP contribution in [0.4, 0.5) is 0 Å². The number of hydrogen-bond acceptors (Lipinski definition) is 3. The molecule has 2 unspecified atom stereocenters. The highest BCUT2D eigenvalue weighted by molar-refractivity contribution is 4.90. The maximum atomic E-state index is 3.84. The molecule has 3 nitrogen and oxygen atoms in total. The average Bonchev–Trinajstić information content (AvgIpc) is 2.66. The van der Waals surface area contributed by atoms with Crippen LogP contribution in [0.5, 0.6) is 0 Å². The van der Waals surface area contributed by atoms with Crippen LogP contribution < -0.4 is 5.32 Å². The molecule has 2 aliphatic rings. The molecular formula is C18H37N3. The van der Waals surface area contributed by atoms with Gasteiger partial charge < -0.3 is 5.32 Å². The van der Waals surface area contributed by atoms with Crippen LogP contribution in [0.1, 0.15) is 59.3 Å². The van der Waals surface area contributed by atoms with E-state index >= 15 is 0 Å². The first kappa shape index (κ1) is 17.2. The molecule has 0 radical (unpaired) electrons. The van der Waals surface area contributed by atoms with E-state index in [9.17, 15) is 0 Å². The maximum absolute atomic E-state index is 3.84. The summed E-state index contributed by atoms with van der Waals surface area (Å²) >= 11 is 0. The van der Waals surface area contributed by atoms with Crippen LogP contribution >= 0.6 is 0 Å². The summed E-state index contributed by atoms with van der Waals surface area (Å²) in [6.07, 6.45) is 8.37. The molecule has 0 spiro atoms. The molecule has 2 rings (SSSR count). The Morgan fingerprint density at radius 3 is 2.57 bits per heavy atom. The molecule has 3 heteroatoms. The molecule has 0 amide bonds. The molecule has 2 fully saturated rings. The zero-order chi connectivity index (χ0) is 15.3. The Morgan fingerprint density at radius 1 is 1.10 bits per heavy atom. The van der Waals surface area contributed by atoms with Gasteiger partial charge in [0, 0.05) is 37.8 Å². The Hall–Kier alpha value is -0.120. The lowest BCUT2D eigenvalue weighted by Crippen LogP contribution is -2.59. The van der Waals surface area contributed by atoms with Crippen LogP contribution in [-0.2, 0) is 0 Å². The number of piperazine rings is 1. The van der Waals surface area contributed by atoms with E-state index in [4.69, 9.17) is 0 Å². The molecule has 0 bridgehead atoms. The molecule has 0 aromatic rings. The van der Waals surface area contributed by atoms with Gasteiger partial charge >= 0.3 is 0 Å².